The number of hydrogen-bond donors (Lipinski definition) is 0. The summed E-state index contributed by atoms with van der Waals surface area (Å²) in [5, 5.41) is 9.77. The van der Waals surface area contributed by atoms with Gasteiger partial charge in [0.05, 0.1) is 11.5 Å². The summed E-state index contributed by atoms with van der Waals surface area (Å²) < 4.78 is 1.57. The summed E-state index contributed by atoms with van der Waals surface area (Å²) in [7, 11) is 0. The molecule has 2 aromatic heterocycles. The van der Waals surface area contributed by atoms with Crippen LogP contribution in [0.15, 0.2) is 4.79 Å². The first-order valence-corrected chi connectivity index (χ1v) is 8.38. The second kappa shape index (κ2) is 5.61. The van der Waals surface area contributed by atoms with Gasteiger partial charge in [0.25, 0.3) is 5.56 Å². The third-order valence-electron chi connectivity index (χ3n) is 4.20. The highest BCUT2D eigenvalue weighted by molar-refractivity contribution is 7.18. The molecule has 5 heteroatoms. The van der Waals surface area contributed by atoms with Crippen LogP contribution in [-0.4, -0.2) is 9.55 Å². The molecule has 3 rings (SSSR count). The Morgan fingerprint density at radius 1 is 1.52 bits per heavy atom. The second-order valence-corrected chi connectivity index (χ2v) is 6.94. The zero-order valence-corrected chi connectivity index (χ0v) is 13.3. The van der Waals surface area contributed by atoms with Crippen LogP contribution in [0, 0.1) is 17.2 Å². The van der Waals surface area contributed by atoms with Crippen molar-refractivity contribution in [3.63, 3.8) is 0 Å². The minimum Gasteiger partial charge on any atom is -0.282 e. The minimum absolute atomic E-state index is 0.0166. The zero-order chi connectivity index (χ0) is 15.0. The van der Waals surface area contributed by atoms with Gasteiger partial charge < -0.3 is 0 Å². The number of fused-ring (bicyclic) bond motifs is 3. The van der Waals surface area contributed by atoms with Crippen molar-refractivity contribution in [3.8, 4) is 6.07 Å². The number of rotatable bonds is 3. The maximum Gasteiger partial charge on any atom is 0.263 e. The Labute approximate surface area is 128 Å². The van der Waals surface area contributed by atoms with Crippen molar-refractivity contribution in [1.29, 1.82) is 5.26 Å². The minimum atomic E-state index is -0.0166. The van der Waals surface area contributed by atoms with E-state index in [1.165, 1.54) is 10.4 Å². The molecule has 0 saturated heterocycles. The lowest BCUT2D eigenvalue weighted by molar-refractivity contribution is 0.509. The van der Waals surface area contributed by atoms with E-state index in [1.54, 1.807) is 15.9 Å². The summed E-state index contributed by atoms with van der Waals surface area (Å²) in [6.07, 6.45) is 4.81. The van der Waals surface area contributed by atoms with Gasteiger partial charge >= 0.3 is 0 Å². The fraction of sp³-hybridized carbons (Fsp3) is 0.562. The van der Waals surface area contributed by atoms with Crippen molar-refractivity contribution in [3.05, 3.63) is 26.6 Å². The molecule has 21 heavy (non-hydrogen) atoms. The molecule has 0 fully saturated rings. The topological polar surface area (TPSA) is 58.7 Å². The quantitative estimate of drug-likeness (QED) is 0.875. The molecule has 4 nitrogen and oxygen atoms in total. The van der Waals surface area contributed by atoms with Crippen molar-refractivity contribution in [2.24, 2.45) is 5.92 Å². The van der Waals surface area contributed by atoms with Gasteiger partial charge in [0.15, 0.2) is 0 Å². The maximum atomic E-state index is 12.8. The van der Waals surface area contributed by atoms with Gasteiger partial charge in [-0.1, -0.05) is 13.8 Å². The zero-order valence-electron chi connectivity index (χ0n) is 12.5. The number of thiophene rings is 1. The highest BCUT2D eigenvalue weighted by Crippen LogP contribution is 2.35. The van der Waals surface area contributed by atoms with E-state index >= 15 is 0 Å². The van der Waals surface area contributed by atoms with Crippen LogP contribution in [0.5, 0.6) is 0 Å². The number of nitriles is 1. The third-order valence-corrected chi connectivity index (χ3v) is 5.34. The van der Waals surface area contributed by atoms with Gasteiger partial charge in [-0.3, -0.25) is 9.36 Å². The maximum absolute atomic E-state index is 12.8. The number of nitrogens with zero attached hydrogens (tertiary/aromatic N) is 3. The Morgan fingerprint density at radius 3 is 3.05 bits per heavy atom. The van der Waals surface area contributed by atoms with Crippen molar-refractivity contribution in [1.82, 2.24) is 9.55 Å². The van der Waals surface area contributed by atoms with Crippen molar-refractivity contribution in [2.75, 3.05) is 0 Å². The van der Waals surface area contributed by atoms with E-state index < -0.39 is 0 Å². The van der Waals surface area contributed by atoms with E-state index in [1.807, 2.05) is 0 Å². The fourth-order valence-electron chi connectivity index (χ4n) is 3.11. The predicted octanol–water partition coefficient (Wildman–Crippen LogP) is 3.06. The first-order chi connectivity index (χ1) is 10.2. The van der Waals surface area contributed by atoms with Crippen LogP contribution in [0.1, 0.15) is 43.0 Å². The molecule has 2 aromatic rings. The molecular formula is C16H19N3OS. The van der Waals surface area contributed by atoms with Gasteiger partial charge in [-0.15, -0.1) is 11.3 Å². The second-order valence-electron chi connectivity index (χ2n) is 5.86. The van der Waals surface area contributed by atoms with Crippen LogP contribution in [0.2, 0.25) is 0 Å². The molecule has 1 aliphatic carbocycles. The van der Waals surface area contributed by atoms with Gasteiger partial charge in [0.1, 0.15) is 17.2 Å². The lowest BCUT2D eigenvalue weighted by Gasteiger charge is -2.17. The summed E-state index contributed by atoms with van der Waals surface area (Å²) in [6.45, 7) is 4.42. The van der Waals surface area contributed by atoms with E-state index in [0.29, 0.717) is 5.92 Å². The molecule has 0 bridgehead atoms. The molecule has 0 N–H and O–H groups in total. The van der Waals surface area contributed by atoms with Gasteiger partial charge in [-0.2, -0.15) is 5.26 Å². The monoisotopic (exact) mass is 301 g/mol. The standard InChI is InChI=1S/C16H19N3OS/c1-3-4-13-18-15-14(16(20)19(13)8-7-17)11-6-5-10(2)9-12(11)21-15/h10H,3-6,8-9H2,1-2H3. The molecule has 0 amide bonds. The molecule has 0 radical (unpaired) electrons. The normalized spacial score (nSPS) is 17.7. The Morgan fingerprint density at radius 2 is 2.33 bits per heavy atom. The van der Waals surface area contributed by atoms with Crippen LogP contribution < -0.4 is 5.56 Å². The summed E-state index contributed by atoms with van der Waals surface area (Å²) in [5.74, 6) is 1.44. The molecule has 1 aliphatic rings. The fourth-order valence-corrected chi connectivity index (χ4v) is 4.51. The first-order valence-electron chi connectivity index (χ1n) is 7.56. The molecule has 0 saturated carbocycles. The molecule has 0 aliphatic heterocycles. The third kappa shape index (κ3) is 2.38. The summed E-state index contributed by atoms with van der Waals surface area (Å²) in [6, 6.07) is 2.09. The smallest absolute Gasteiger partial charge is 0.263 e. The Balaban J connectivity index is 2.26. The van der Waals surface area contributed by atoms with Crippen molar-refractivity contribution < 1.29 is 0 Å². The summed E-state index contributed by atoms with van der Waals surface area (Å²) in [4.78, 5) is 19.7. The van der Waals surface area contributed by atoms with E-state index in [-0.39, 0.29) is 12.1 Å². The van der Waals surface area contributed by atoms with Crippen LogP contribution >= 0.6 is 11.3 Å². The SMILES string of the molecule is CCCc1nc2sc3c(c2c(=O)n1CC#N)CCC(C)C3. The highest BCUT2D eigenvalue weighted by atomic mass is 32.1. The van der Waals surface area contributed by atoms with E-state index in [4.69, 9.17) is 10.2 Å². The number of aromatic nitrogens is 2. The Bertz CT molecular complexity index is 781. The summed E-state index contributed by atoms with van der Waals surface area (Å²) in [5.41, 5.74) is 1.18. The molecule has 2 heterocycles. The lowest BCUT2D eigenvalue weighted by atomic mass is 9.89. The Kier molecular flexibility index (Phi) is 3.81. The Hall–Kier alpha value is -1.67. The van der Waals surface area contributed by atoms with Crippen LogP contribution in [0.4, 0.5) is 0 Å². The van der Waals surface area contributed by atoms with Gasteiger partial charge in [-0.05, 0) is 37.2 Å². The van der Waals surface area contributed by atoms with E-state index in [0.717, 1.165) is 48.1 Å². The van der Waals surface area contributed by atoms with Gasteiger partial charge in [0.2, 0.25) is 0 Å². The van der Waals surface area contributed by atoms with E-state index in [9.17, 15) is 4.79 Å². The van der Waals surface area contributed by atoms with Crippen LogP contribution in [0.25, 0.3) is 10.2 Å². The number of aryl methyl sites for hydroxylation is 2. The highest BCUT2D eigenvalue weighted by Gasteiger charge is 2.24. The molecular weight excluding hydrogens is 282 g/mol. The van der Waals surface area contributed by atoms with Crippen LogP contribution in [-0.2, 0) is 25.8 Å². The first kappa shape index (κ1) is 14.3. The largest absolute Gasteiger partial charge is 0.282 e. The lowest BCUT2D eigenvalue weighted by Crippen LogP contribution is -2.25. The van der Waals surface area contributed by atoms with Gasteiger partial charge in [0, 0.05) is 11.3 Å². The number of hydrogen-bond acceptors (Lipinski definition) is 4. The van der Waals surface area contributed by atoms with Gasteiger partial charge in [-0.25, -0.2) is 4.98 Å². The van der Waals surface area contributed by atoms with Crippen molar-refractivity contribution in [2.45, 2.75) is 52.5 Å². The molecule has 1 unspecified atom stereocenters. The van der Waals surface area contributed by atoms with Crippen molar-refractivity contribution >= 4 is 21.6 Å². The average molecular weight is 301 g/mol. The molecule has 0 aromatic carbocycles. The predicted molar refractivity (Wildman–Crippen MR) is 84.7 cm³/mol. The van der Waals surface area contributed by atoms with E-state index in [2.05, 4.69) is 19.9 Å². The molecule has 110 valence electrons. The molecule has 1 atom stereocenters. The van der Waals surface area contributed by atoms with Crippen LogP contribution in [0.3, 0.4) is 0 Å². The average Bonchev–Trinajstić information content (AvgIpc) is 2.80. The summed E-state index contributed by atoms with van der Waals surface area (Å²) >= 11 is 1.68. The molecule has 0 spiro atoms.